The van der Waals surface area contributed by atoms with Crippen LogP contribution in [-0.2, 0) is 7.05 Å². The zero-order valence-electron chi connectivity index (χ0n) is 7.34. The van der Waals surface area contributed by atoms with E-state index in [0.29, 0.717) is 4.68 Å². The number of nitrogens with zero attached hydrogens (tertiary/aromatic N) is 4. The van der Waals surface area contributed by atoms with Gasteiger partial charge in [0, 0.05) is 7.05 Å². The maximum atomic E-state index is 11.5. The van der Waals surface area contributed by atoms with Crippen LogP contribution in [0.4, 0.5) is 0 Å². The topological polar surface area (TPSA) is 114 Å². The smallest absolute Gasteiger partial charge is 0.337 e. The third kappa shape index (κ3) is 0.789. The molecule has 4 N–H and O–H groups in total. The molecule has 0 aromatic carbocycles. The Morgan fingerprint density at radius 3 is 2.64 bits per heavy atom. The van der Waals surface area contributed by atoms with E-state index in [4.69, 9.17) is 11.7 Å². The van der Waals surface area contributed by atoms with Crippen molar-refractivity contribution in [2.24, 2.45) is 7.05 Å². The number of hydrogen-bond acceptors (Lipinski definition) is 5. The highest BCUT2D eigenvalue weighted by molar-refractivity contribution is 5.69. The number of hydrogen-bond donors (Lipinski definition) is 2. The minimum absolute atomic E-state index is 0.0922. The lowest BCUT2D eigenvalue weighted by atomic mass is 10.5. The van der Waals surface area contributed by atoms with Gasteiger partial charge in [0.25, 0.3) is 0 Å². The summed E-state index contributed by atoms with van der Waals surface area (Å²) in [4.78, 5) is 26.6. The van der Waals surface area contributed by atoms with E-state index in [1.165, 1.54) is 13.4 Å². The van der Waals surface area contributed by atoms with E-state index in [1.807, 2.05) is 0 Å². The van der Waals surface area contributed by atoms with Crippen molar-refractivity contribution in [2.75, 3.05) is 11.7 Å². The van der Waals surface area contributed by atoms with Crippen LogP contribution in [0.2, 0.25) is 0 Å². The van der Waals surface area contributed by atoms with E-state index in [2.05, 4.69) is 4.98 Å². The lowest BCUT2D eigenvalue weighted by Crippen LogP contribution is -2.44. The van der Waals surface area contributed by atoms with Crippen LogP contribution in [0.5, 0.6) is 0 Å². The molecule has 14 heavy (non-hydrogen) atoms. The molecule has 0 spiro atoms. The molecule has 8 nitrogen and oxygen atoms in total. The maximum absolute atomic E-state index is 11.5. The minimum Gasteiger partial charge on any atom is -0.337 e. The SMILES string of the molecule is Cn1c(=O)n(N)c(=O)c2c1ncn2N. The standard InChI is InChI=1S/C6H8N6O2/c1-10-4-3(11(7)2-9-4)5(13)12(8)6(10)14/h2H,7-8H2,1H3. The van der Waals surface area contributed by atoms with Crippen molar-refractivity contribution in [3.8, 4) is 0 Å². The summed E-state index contributed by atoms with van der Waals surface area (Å²) in [5.74, 6) is 10.7. The molecule has 2 aromatic heterocycles. The number of imidazole rings is 1. The Balaban J connectivity index is 3.22. The fraction of sp³-hybridized carbons (Fsp3) is 0.167. The van der Waals surface area contributed by atoms with Crippen molar-refractivity contribution in [1.82, 2.24) is 18.9 Å². The third-order valence-corrected chi connectivity index (χ3v) is 2.01. The second kappa shape index (κ2) is 2.37. The van der Waals surface area contributed by atoms with Crippen LogP contribution in [0.3, 0.4) is 0 Å². The van der Waals surface area contributed by atoms with Gasteiger partial charge in [-0.05, 0) is 0 Å². The van der Waals surface area contributed by atoms with Crippen molar-refractivity contribution in [1.29, 1.82) is 0 Å². The predicted octanol–water partition coefficient (Wildman–Crippen LogP) is -2.68. The van der Waals surface area contributed by atoms with Gasteiger partial charge >= 0.3 is 11.2 Å². The second-order valence-electron chi connectivity index (χ2n) is 2.84. The van der Waals surface area contributed by atoms with E-state index in [-0.39, 0.29) is 11.2 Å². The molecule has 0 bridgehead atoms. The molecule has 0 amide bonds. The summed E-state index contributed by atoms with van der Waals surface area (Å²) in [6, 6.07) is 0. The monoisotopic (exact) mass is 196 g/mol. The first-order valence-corrected chi connectivity index (χ1v) is 3.73. The molecule has 0 aliphatic carbocycles. The van der Waals surface area contributed by atoms with Crippen LogP contribution < -0.4 is 22.9 Å². The predicted molar refractivity (Wildman–Crippen MR) is 49.5 cm³/mol. The normalized spacial score (nSPS) is 10.9. The Labute approximate surface area is 76.9 Å². The number of nitrogen functional groups attached to an aromatic ring is 2. The summed E-state index contributed by atoms with van der Waals surface area (Å²) in [6.07, 6.45) is 1.24. The Morgan fingerprint density at radius 2 is 2.00 bits per heavy atom. The van der Waals surface area contributed by atoms with Crippen LogP contribution in [-0.4, -0.2) is 18.9 Å². The minimum atomic E-state index is -0.664. The van der Waals surface area contributed by atoms with E-state index in [1.54, 1.807) is 0 Å². The van der Waals surface area contributed by atoms with Gasteiger partial charge in [-0.1, -0.05) is 0 Å². The van der Waals surface area contributed by atoms with Gasteiger partial charge in [0.05, 0.1) is 0 Å². The largest absolute Gasteiger partial charge is 0.351 e. The van der Waals surface area contributed by atoms with Crippen molar-refractivity contribution < 1.29 is 0 Å². The summed E-state index contributed by atoms with van der Waals surface area (Å²) >= 11 is 0. The van der Waals surface area contributed by atoms with Gasteiger partial charge in [0.15, 0.2) is 11.2 Å². The Kier molecular flexibility index (Phi) is 1.42. The third-order valence-electron chi connectivity index (χ3n) is 2.01. The van der Waals surface area contributed by atoms with E-state index < -0.39 is 11.2 Å². The van der Waals surface area contributed by atoms with Gasteiger partial charge in [-0.2, -0.15) is 4.68 Å². The molecule has 2 heterocycles. The van der Waals surface area contributed by atoms with Gasteiger partial charge in [-0.3, -0.25) is 9.36 Å². The average molecular weight is 196 g/mol. The summed E-state index contributed by atoms with van der Waals surface area (Å²) in [5, 5.41) is 0. The first-order chi connectivity index (χ1) is 6.54. The molecule has 0 radical (unpaired) electrons. The van der Waals surface area contributed by atoms with Crippen molar-refractivity contribution in [3.63, 3.8) is 0 Å². The summed E-state index contributed by atoms with van der Waals surface area (Å²) < 4.78 is 2.67. The lowest BCUT2D eigenvalue weighted by molar-refractivity contribution is 0.741. The lowest BCUT2D eigenvalue weighted by Gasteiger charge is -2.02. The van der Waals surface area contributed by atoms with Gasteiger partial charge in [0.2, 0.25) is 0 Å². The molecular formula is C6H8N6O2. The highest BCUT2D eigenvalue weighted by Gasteiger charge is 2.12. The molecule has 0 fully saturated rings. The molecular weight excluding hydrogens is 188 g/mol. The second-order valence-corrected chi connectivity index (χ2v) is 2.84. The molecule has 2 rings (SSSR count). The van der Waals surface area contributed by atoms with Crippen molar-refractivity contribution in [3.05, 3.63) is 27.2 Å². The zero-order valence-corrected chi connectivity index (χ0v) is 7.34. The van der Waals surface area contributed by atoms with E-state index in [0.717, 1.165) is 9.24 Å². The van der Waals surface area contributed by atoms with Crippen LogP contribution in [0, 0.1) is 0 Å². The Bertz CT molecular complexity index is 618. The molecule has 2 aromatic rings. The number of aryl methyl sites for hydroxylation is 1. The van der Waals surface area contributed by atoms with Gasteiger partial charge in [-0.25, -0.2) is 14.5 Å². The molecule has 0 saturated carbocycles. The number of nitrogens with two attached hydrogens (primary N) is 2. The van der Waals surface area contributed by atoms with Crippen LogP contribution in [0.1, 0.15) is 0 Å². The Hall–Kier alpha value is -2.25. The molecule has 0 unspecified atom stereocenters. The van der Waals surface area contributed by atoms with Crippen LogP contribution in [0.25, 0.3) is 11.2 Å². The highest BCUT2D eigenvalue weighted by atomic mass is 16.2. The number of rotatable bonds is 0. The van der Waals surface area contributed by atoms with Crippen molar-refractivity contribution in [2.45, 2.75) is 0 Å². The molecule has 74 valence electrons. The maximum Gasteiger partial charge on any atom is 0.351 e. The first-order valence-electron chi connectivity index (χ1n) is 3.73. The molecule has 0 aliphatic rings. The fourth-order valence-corrected chi connectivity index (χ4v) is 1.26. The first kappa shape index (κ1) is 8.35. The van der Waals surface area contributed by atoms with Gasteiger partial charge < -0.3 is 11.7 Å². The summed E-state index contributed by atoms with van der Waals surface area (Å²) in [5.41, 5.74) is -0.997. The van der Waals surface area contributed by atoms with Crippen LogP contribution in [0.15, 0.2) is 15.9 Å². The summed E-state index contributed by atoms with van der Waals surface area (Å²) in [7, 11) is 1.46. The molecule has 0 saturated heterocycles. The zero-order chi connectivity index (χ0) is 10.5. The fourth-order valence-electron chi connectivity index (χ4n) is 1.26. The van der Waals surface area contributed by atoms with Crippen molar-refractivity contribution >= 4 is 11.2 Å². The van der Waals surface area contributed by atoms with Crippen LogP contribution >= 0.6 is 0 Å². The number of aromatic nitrogens is 4. The number of fused-ring (bicyclic) bond motifs is 1. The van der Waals surface area contributed by atoms with E-state index in [9.17, 15) is 9.59 Å². The summed E-state index contributed by atoms with van der Waals surface area (Å²) in [6.45, 7) is 0. The highest BCUT2D eigenvalue weighted by Crippen LogP contribution is 1.99. The van der Waals surface area contributed by atoms with Gasteiger partial charge in [-0.15, -0.1) is 0 Å². The molecule has 0 aliphatic heterocycles. The average Bonchev–Trinajstić information content (AvgIpc) is 2.54. The molecule has 0 atom stereocenters. The Morgan fingerprint density at radius 1 is 1.36 bits per heavy atom. The quantitative estimate of drug-likeness (QED) is 0.446. The van der Waals surface area contributed by atoms with E-state index >= 15 is 0 Å². The van der Waals surface area contributed by atoms with Gasteiger partial charge in [0.1, 0.15) is 6.33 Å². The molecule has 8 heteroatoms.